The minimum Gasteiger partial charge on any atom is -0.492 e. The van der Waals surface area contributed by atoms with Gasteiger partial charge in [-0.05, 0) is 54.3 Å². The lowest BCUT2D eigenvalue weighted by atomic mass is 10.0. The van der Waals surface area contributed by atoms with E-state index in [0.29, 0.717) is 18.6 Å². The van der Waals surface area contributed by atoms with Gasteiger partial charge in [0, 0.05) is 40.2 Å². The summed E-state index contributed by atoms with van der Waals surface area (Å²) < 4.78 is 7.11. The van der Waals surface area contributed by atoms with Gasteiger partial charge in [-0.1, -0.05) is 0 Å². The van der Waals surface area contributed by atoms with Crippen molar-refractivity contribution in [2.45, 2.75) is 18.9 Å². The standard InChI is InChI=1S/C17H20IN5O/c1-20-11-4-6-23(9-11)16-13-5-7-24-14-8-10(18)2-3-12(14)15(13)21-17(19)22-16/h2-3,8,11,20H,4-7,9H2,1H3,(H2,19,21,22)/t11-/m1/s1. The largest absolute Gasteiger partial charge is 0.492 e. The van der Waals surface area contributed by atoms with Crippen molar-refractivity contribution in [2.75, 3.05) is 37.4 Å². The number of nitrogens with two attached hydrogens (primary N) is 1. The molecule has 2 aromatic rings. The highest BCUT2D eigenvalue weighted by Crippen LogP contribution is 2.39. The van der Waals surface area contributed by atoms with Gasteiger partial charge < -0.3 is 20.7 Å². The first-order valence-electron chi connectivity index (χ1n) is 8.17. The second-order valence-electron chi connectivity index (χ2n) is 6.19. The van der Waals surface area contributed by atoms with Crippen LogP contribution in [0.5, 0.6) is 5.75 Å². The summed E-state index contributed by atoms with van der Waals surface area (Å²) in [5.41, 5.74) is 9.10. The fourth-order valence-corrected chi connectivity index (χ4v) is 3.93. The molecule has 1 atom stereocenters. The van der Waals surface area contributed by atoms with E-state index >= 15 is 0 Å². The van der Waals surface area contributed by atoms with Crippen molar-refractivity contribution >= 4 is 34.4 Å². The zero-order valence-electron chi connectivity index (χ0n) is 13.6. The third kappa shape index (κ3) is 2.79. The van der Waals surface area contributed by atoms with E-state index in [4.69, 9.17) is 10.5 Å². The topological polar surface area (TPSA) is 76.3 Å². The number of nitrogens with one attached hydrogen (secondary N) is 1. The minimum atomic E-state index is 0.322. The minimum absolute atomic E-state index is 0.322. The van der Waals surface area contributed by atoms with Crippen LogP contribution in [0.25, 0.3) is 11.3 Å². The SMILES string of the molecule is CN[C@@H]1CCN(c2nc(N)nc3c2CCOc2cc(I)ccc2-3)C1. The molecule has 126 valence electrons. The number of aromatic nitrogens is 2. The van der Waals surface area contributed by atoms with Gasteiger partial charge in [-0.3, -0.25) is 0 Å². The lowest BCUT2D eigenvalue weighted by molar-refractivity contribution is 0.326. The number of ether oxygens (including phenoxy) is 1. The van der Waals surface area contributed by atoms with Crippen LogP contribution in [0.4, 0.5) is 11.8 Å². The van der Waals surface area contributed by atoms with Gasteiger partial charge in [-0.25, -0.2) is 4.98 Å². The number of fused-ring (bicyclic) bond motifs is 3. The number of hydrogen-bond donors (Lipinski definition) is 2. The Morgan fingerprint density at radius 1 is 1.38 bits per heavy atom. The van der Waals surface area contributed by atoms with E-state index in [0.717, 1.165) is 57.9 Å². The number of benzene rings is 1. The number of rotatable bonds is 2. The molecule has 1 aromatic heterocycles. The summed E-state index contributed by atoms with van der Waals surface area (Å²) in [5.74, 6) is 2.16. The Balaban J connectivity index is 1.83. The highest BCUT2D eigenvalue weighted by atomic mass is 127. The fourth-order valence-electron chi connectivity index (χ4n) is 3.47. The van der Waals surface area contributed by atoms with E-state index in [1.54, 1.807) is 0 Å². The molecule has 2 aliphatic heterocycles. The van der Waals surface area contributed by atoms with Crippen LogP contribution < -0.4 is 20.7 Å². The Morgan fingerprint density at radius 3 is 3.04 bits per heavy atom. The summed E-state index contributed by atoms with van der Waals surface area (Å²) in [6.07, 6.45) is 1.90. The van der Waals surface area contributed by atoms with Crippen LogP contribution in [0.1, 0.15) is 12.0 Å². The highest BCUT2D eigenvalue weighted by Gasteiger charge is 2.28. The maximum absolute atomic E-state index is 6.05. The summed E-state index contributed by atoms with van der Waals surface area (Å²) in [5, 5.41) is 3.35. The van der Waals surface area contributed by atoms with Gasteiger partial charge in [-0.2, -0.15) is 4.98 Å². The molecule has 0 bridgehead atoms. The zero-order chi connectivity index (χ0) is 16.7. The molecule has 0 radical (unpaired) electrons. The van der Waals surface area contributed by atoms with E-state index in [-0.39, 0.29) is 0 Å². The van der Waals surface area contributed by atoms with E-state index in [1.807, 2.05) is 7.05 Å². The van der Waals surface area contributed by atoms with Crippen LogP contribution in [0.3, 0.4) is 0 Å². The second kappa shape index (κ2) is 6.36. The summed E-state index contributed by atoms with van der Waals surface area (Å²) >= 11 is 2.30. The molecular weight excluding hydrogens is 417 g/mol. The van der Waals surface area contributed by atoms with Crippen molar-refractivity contribution in [3.8, 4) is 17.0 Å². The van der Waals surface area contributed by atoms with Crippen LogP contribution in [-0.2, 0) is 6.42 Å². The van der Waals surface area contributed by atoms with Crippen LogP contribution in [0, 0.1) is 3.57 Å². The van der Waals surface area contributed by atoms with Gasteiger partial charge in [0.1, 0.15) is 11.6 Å². The molecule has 1 fully saturated rings. The molecule has 2 aliphatic rings. The average molecular weight is 437 g/mol. The van der Waals surface area contributed by atoms with E-state index in [2.05, 4.69) is 61.0 Å². The van der Waals surface area contributed by atoms with Crippen LogP contribution >= 0.6 is 22.6 Å². The van der Waals surface area contributed by atoms with Gasteiger partial charge in [0.25, 0.3) is 0 Å². The number of halogens is 1. The van der Waals surface area contributed by atoms with Crippen molar-refractivity contribution in [1.82, 2.24) is 15.3 Å². The van der Waals surface area contributed by atoms with Crippen LogP contribution in [0.15, 0.2) is 18.2 Å². The van der Waals surface area contributed by atoms with Crippen LogP contribution in [-0.4, -0.2) is 42.8 Å². The Bertz CT molecular complexity index is 782. The molecule has 0 aliphatic carbocycles. The maximum atomic E-state index is 6.05. The molecule has 1 saturated heterocycles. The number of hydrogen-bond acceptors (Lipinski definition) is 6. The monoisotopic (exact) mass is 437 g/mol. The van der Waals surface area contributed by atoms with Crippen molar-refractivity contribution in [3.63, 3.8) is 0 Å². The van der Waals surface area contributed by atoms with E-state index in [9.17, 15) is 0 Å². The third-order valence-corrected chi connectivity index (χ3v) is 5.38. The molecule has 6 nitrogen and oxygen atoms in total. The number of nitrogen functional groups attached to an aromatic ring is 1. The summed E-state index contributed by atoms with van der Waals surface area (Å²) in [6, 6.07) is 6.68. The smallest absolute Gasteiger partial charge is 0.222 e. The first-order chi connectivity index (χ1) is 11.7. The molecule has 0 amide bonds. The normalized spacial score (nSPS) is 19.4. The zero-order valence-corrected chi connectivity index (χ0v) is 15.7. The molecular formula is C17H20IN5O. The van der Waals surface area contributed by atoms with Crippen molar-refractivity contribution in [1.29, 1.82) is 0 Å². The summed E-state index contributed by atoms with van der Waals surface area (Å²) in [7, 11) is 2.01. The highest BCUT2D eigenvalue weighted by molar-refractivity contribution is 14.1. The van der Waals surface area contributed by atoms with Gasteiger partial charge in [0.05, 0.1) is 12.3 Å². The molecule has 3 heterocycles. The van der Waals surface area contributed by atoms with Gasteiger partial charge in [0.2, 0.25) is 5.95 Å². The van der Waals surface area contributed by atoms with Crippen LogP contribution in [0.2, 0.25) is 0 Å². The molecule has 1 aromatic carbocycles. The molecule has 0 spiro atoms. The molecule has 0 saturated carbocycles. The first kappa shape index (κ1) is 15.9. The van der Waals surface area contributed by atoms with E-state index in [1.165, 1.54) is 0 Å². The first-order valence-corrected chi connectivity index (χ1v) is 9.25. The van der Waals surface area contributed by atoms with Gasteiger partial charge >= 0.3 is 0 Å². The lowest BCUT2D eigenvalue weighted by Crippen LogP contribution is -2.30. The van der Waals surface area contributed by atoms with Crippen molar-refractivity contribution < 1.29 is 4.74 Å². The molecule has 4 rings (SSSR count). The molecule has 24 heavy (non-hydrogen) atoms. The van der Waals surface area contributed by atoms with Crippen molar-refractivity contribution in [3.05, 3.63) is 27.3 Å². The number of nitrogens with zero attached hydrogens (tertiary/aromatic N) is 3. The third-order valence-electron chi connectivity index (χ3n) is 4.71. The summed E-state index contributed by atoms with van der Waals surface area (Å²) in [6.45, 7) is 2.55. The Hall–Kier alpha value is -1.61. The summed E-state index contributed by atoms with van der Waals surface area (Å²) in [4.78, 5) is 11.5. The maximum Gasteiger partial charge on any atom is 0.222 e. The molecule has 0 unspecified atom stereocenters. The fraction of sp³-hybridized carbons (Fsp3) is 0.412. The lowest BCUT2D eigenvalue weighted by Gasteiger charge is -2.22. The Kier molecular flexibility index (Phi) is 4.21. The number of likely N-dealkylation sites (N-methyl/N-ethyl adjacent to an activating group) is 1. The average Bonchev–Trinajstić information content (AvgIpc) is 2.97. The van der Waals surface area contributed by atoms with Gasteiger partial charge in [0.15, 0.2) is 0 Å². The Morgan fingerprint density at radius 2 is 2.25 bits per heavy atom. The predicted molar refractivity (Wildman–Crippen MR) is 103 cm³/mol. The molecule has 7 heteroatoms. The number of anilines is 2. The van der Waals surface area contributed by atoms with E-state index < -0.39 is 0 Å². The quantitative estimate of drug-likeness (QED) is 0.701. The Labute approximate surface area is 154 Å². The second-order valence-corrected chi connectivity index (χ2v) is 7.44. The predicted octanol–water partition coefficient (Wildman–Crippen LogP) is 2.06. The van der Waals surface area contributed by atoms with Gasteiger partial charge in [-0.15, -0.1) is 0 Å². The molecule has 3 N–H and O–H groups in total. The van der Waals surface area contributed by atoms with Crippen molar-refractivity contribution in [2.24, 2.45) is 0 Å².